The second kappa shape index (κ2) is 6.21. The molecule has 0 aliphatic carbocycles. The molecule has 70 valence electrons. The number of unbranched alkanes of at least 4 members (excludes halogenated alkanes) is 2. The molecule has 0 aromatic heterocycles. The molecule has 0 bridgehead atoms. The zero-order valence-electron chi connectivity index (χ0n) is 7.88. The SMILES string of the molecule is CCCCC=CC1CNCCO1. The standard InChI is InChI=1S/C10H19NO/c1-2-3-4-5-6-10-9-11-7-8-12-10/h5-6,10-11H,2-4,7-9H2,1H3. The number of hydrogen-bond acceptors (Lipinski definition) is 2. The van der Waals surface area contributed by atoms with Gasteiger partial charge in [0, 0.05) is 13.1 Å². The van der Waals surface area contributed by atoms with Crippen molar-refractivity contribution in [3.8, 4) is 0 Å². The van der Waals surface area contributed by atoms with Gasteiger partial charge in [0.15, 0.2) is 0 Å². The summed E-state index contributed by atoms with van der Waals surface area (Å²) in [6.45, 7) is 5.04. The Labute approximate surface area is 75.0 Å². The summed E-state index contributed by atoms with van der Waals surface area (Å²) in [6.07, 6.45) is 8.49. The highest BCUT2D eigenvalue weighted by atomic mass is 16.5. The van der Waals surface area contributed by atoms with Gasteiger partial charge in [-0.15, -0.1) is 0 Å². The van der Waals surface area contributed by atoms with Crippen molar-refractivity contribution in [2.24, 2.45) is 0 Å². The van der Waals surface area contributed by atoms with Crippen LogP contribution in [0.1, 0.15) is 26.2 Å². The lowest BCUT2D eigenvalue weighted by Gasteiger charge is -2.20. The van der Waals surface area contributed by atoms with E-state index < -0.39 is 0 Å². The average molecular weight is 169 g/mol. The van der Waals surface area contributed by atoms with Crippen LogP contribution in [0.25, 0.3) is 0 Å². The van der Waals surface area contributed by atoms with Crippen molar-refractivity contribution in [2.45, 2.75) is 32.3 Å². The van der Waals surface area contributed by atoms with Gasteiger partial charge in [0.1, 0.15) is 0 Å². The van der Waals surface area contributed by atoms with Crippen LogP contribution in [0.15, 0.2) is 12.2 Å². The average Bonchev–Trinajstić information content (AvgIpc) is 2.14. The van der Waals surface area contributed by atoms with Gasteiger partial charge in [-0.05, 0) is 6.42 Å². The Bertz CT molecular complexity index is 128. The quantitative estimate of drug-likeness (QED) is 0.511. The summed E-state index contributed by atoms with van der Waals surface area (Å²) in [7, 11) is 0. The molecular formula is C10H19NO. The normalized spacial score (nSPS) is 24.9. The molecule has 0 radical (unpaired) electrons. The Balaban J connectivity index is 2.07. The second-order valence-electron chi connectivity index (χ2n) is 3.18. The van der Waals surface area contributed by atoms with Gasteiger partial charge in [-0.2, -0.15) is 0 Å². The topological polar surface area (TPSA) is 21.3 Å². The van der Waals surface area contributed by atoms with Crippen LogP contribution in [0.2, 0.25) is 0 Å². The van der Waals surface area contributed by atoms with Gasteiger partial charge >= 0.3 is 0 Å². The minimum atomic E-state index is 0.315. The number of rotatable bonds is 4. The van der Waals surface area contributed by atoms with Crippen molar-refractivity contribution in [1.29, 1.82) is 0 Å². The summed E-state index contributed by atoms with van der Waals surface area (Å²) >= 11 is 0. The molecule has 0 saturated carbocycles. The molecule has 2 nitrogen and oxygen atoms in total. The van der Waals surface area contributed by atoms with E-state index in [1.165, 1.54) is 19.3 Å². The minimum Gasteiger partial charge on any atom is -0.372 e. The highest BCUT2D eigenvalue weighted by Crippen LogP contribution is 2.00. The van der Waals surface area contributed by atoms with Crippen molar-refractivity contribution in [2.75, 3.05) is 19.7 Å². The molecule has 2 heteroatoms. The Hall–Kier alpha value is -0.340. The van der Waals surface area contributed by atoms with Crippen molar-refractivity contribution < 1.29 is 4.74 Å². The van der Waals surface area contributed by atoms with E-state index in [1.54, 1.807) is 0 Å². The molecule has 0 amide bonds. The predicted octanol–water partition coefficient (Wildman–Crippen LogP) is 1.72. The third kappa shape index (κ3) is 3.88. The van der Waals surface area contributed by atoms with E-state index in [0.29, 0.717) is 6.10 Å². The molecule has 1 rings (SSSR count). The predicted molar refractivity (Wildman–Crippen MR) is 51.3 cm³/mol. The number of ether oxygens (including phenoxy) is 1. The van der Waals surface area contributed by atoms with E-state index >= 15 is 0 Å². The summed E-state index contributed by atoms with van der Waals surface area (Å²) < 4.78 is 5.51. The first-order valence-electron chi connectivity index (χ1n) is 4.92. The highest BCUT2D eigenvalue weighted by Gasteiger charge is 2.08. The van der Waals surface area contributed by atoms with Crippen LogP contribution in [-0.2, 0) is 4.74 Å². The maximum atomic E-state index is 5.51. The van der Waals surface area contributed by atoms with E-state index in [2.05, 4.69) is 24.4 Å². The number of allylic oxidation sites excluding steroid dienone is 1. The van der Waals surface area contributed by atoms with Crippen LogP contribution in [0, 0.1) is 0 Å². The van der Waals surface area contributed by atoms with Gasteiger partial charge in [-0.25, -0.2) is 0 Å². The van der Waals surface area contributed by atoms with Gasteiger partial charge < -0.3 is 10.1 Å². The molecule has 1 unspecified atom stereocenters. The fraction of sp³-hybridized carbons (Fsp3) is 0.800. The molecule has 0 aromatic rings. The molecule has 1 aliphatic rings. The Morgan fingerprint density at radius 3 is 3.17 bits per heavy atom. The Kier molecular flexibility index (Phi) is 5.04. The maximum Gasteiger partial charge on any atom is 0.0880 e. The molecule has 0 aromatic carbocycles. The van der Waals surface area contributed by atoms with Crippen LogP contribution < -0.4 is 5.32 Å². The largest absolute Gasteiger partial charge is 0.372 e. The molecule has 1 fully saturated rings. The molecule has 0 spiro atoms. The van der Waals surface area contributed by atoms with E-state index in [4.69, 9.17) is 4.74 Å². The Morgan fingerprint density at radius 1 is 1.58 bits per heavy atom. The summed E-state index contributed by atoms with van der Waals surface area (Å²) in [5.41, 5.74) is 0. The minimum absolute atomic E-state index is 0.315. The smallest absolute Gasteiger partial charge is 0.0880 e. The monoisotopic (exact) mass is 169 g/mol. The zero-order chi connectivity index (χ0) is 8.65. The van der Waals surface area contributed by atoms with Crippen molar-refractivity contribution in [3.63, 3.8) is 0 Å². The van der Waals surface area contributed by atoms with Crippen molar-refractivity contribution >= 4 is 0 Å². The molecule has 12 heavy (non-hydrogen) atoms. The molecule has 1 aliphatic heterocycles. The first-order valence-corrected chi connectivity index (χ1v) is 4.92. The lowest BCUT2D eigenvalue weighted by atomic mass is 10.2. The maximum absolute atomic E-state index is 5.51. The molecule has 1 saturated heterocycles. The molecule has 1 heterocycles. The molecule has 1 N–H and O–H groups in total. The second-order valence-corrected chi connectivity index (χ2v) is 3.18. The van der Waals surface area contributed by atoms with Crippen LogP contribution in [0.4, 0.5) is 0 Å². The Morgan fingerprint density at radius 2 is 2.50 bits per heavy atom. The van der Waals surface area contributed by atoms with E-state index in [9.17, 15) is 0 Å². The number of hydrogen-bond donors (Lipinski definition) is 1. The first-order chi connectivity index (χ1) is 5.93. The zero-order valence-corrected chi connectivity index (χ0v) is 7.88. The summed E-state index contributed by atoms with van der Waals surface area (Å²) in [5, 5.41) is 3.30. The van der Waals surface area contributed by atoms with Gasteiger partial charge in [0.2, 0.25) is 0 Å². The lowest BCUT2D eigenvalue weighted by Crippen LogP contribution is -2.37. The summed E-state index contributed by atoms with van der Waals surface area (Å²) in [5.74, 6) is 0. The van der Waals surface area contributed by atoms with Crippen LogP contribution in [0.3, 0.4) is 0 Å². The van der Waals surface area contributed by atoms with Gasteiger partial charge in [-0.1, -0.05) is 31.9 Å². The summed E-state index contributed by atoms with van der Waals surface area (Å²) in [6, 6.07) is 0. The summed E-state index contributed by atoms with van der Waals surface area (Å²) in [4.78, 5) is 0. The number of morpholine rings is 1. The highest BCUT2D eigenvalue weighted by molar-refractivity contribution is 4.91. The first kappa shape index (κ1) is 9.75. The third-order valence-corrected chi connectivity index (χ3v) is 2.03. The van der Waals surface area contributed by atoms with Crippen LogP contribution in [0.5, 0.6) is 0 Å². The van der Waals surface area contributed by atoms with Crippen molar-refractivity contribution in [1.82, 2.24) is 5.32 Å². The van der Waals surface area contributed by atoms with E-state index in [-0.39, 0.29) is 0 Å². The van der Waals surface area contributed by atoms with E-state index in [1.807, 2.05) is 0 Å². The third-order valence-electron chi connectivity index (χ3n) is 2.03. The van der Waals surface area contributed by atoms with Gasteiger partial charge in [0.25, 0.3) is 0 Å². The van der Waals surface area contributed by atoms with Crippen LogP contribution >= 0.6 is 0 Å². The van der Waals surface area contributed by atoms with Crippen molar-refractivity contribution in [3.05, 3.63) is 12.2 Å². The number of nitrogens with one attached hydrogen (secondary N) is 1. The lowest BCUT2D eigenvalue weighted by molar-refractivity contribution is 0.0590. The van der Waals surface area contributed by atoms with E-state index in [0.717, 1.165) is 19.7 Å². The molecule has 1 atom stereocenters. The van der Waals surface area contributed by atoms with Gasteiger partial charge in [-0.3, -0.25) is 0 Å². The fourth-order valence-corrected chi connectivity index (χ4v) is 1.28. The fourth-order valence-electron chi connectivity index (χ4n) is 1.28. The van der Waals surface area contributed by atoms with Gasteiger partial charge in [0.05, 0.1) is 12.7 Å². The molecular weight excluding hydrogens is 150 g/mol. The van der Waals surface area contributed by atoms with Crippen LogP contribution in [-0.4, -0.2) is 25.8 Å².